The van der Waals surface area contributed by atoms with Crippen LogP contribution in [0.1, 0.15) is 31.1 Å². The van der Waals surface area contributed by atoms with Crippen molar-refractivity contribution in [2.45, 2.75) is 26.4 Å². The lowest BCUT2D eigenvalue weighted by atomic mass is 10.1. The number of carbonyl (C=O) groups is 1. The minimum absolute atomic E-state index is 0.329. The number of carbonyl (C=O) groups excluding carboxylic acids is 1. The maximum atomic E-state index is 12.1. The number of halogens is 1. The predicted molar refractivity (Wildman–Crippen MR) is 93.4 cm³/mol. The lowest BCUT2D eigenvalue weighted by Crippen LogP contribution is -2.28. The second-order valence-electron chi connectivity index (χ2n) is 6.52. The summed E-state index contributed by atoms with van der Waals surface area (Å²) in [6, 6.07) is 9.02. The van der Waals surface area contributed by atoms with Gasteiger partial charge in [-0.3, -0.25) is 0 Å². The molecule has 1 aliphatic rings. The third-order valence-electron chi connectivity index (χ3n) is 3.49. The molecule has 0 bridgehead atoms. The Morgan fingerprint density at radius 1 is 1.29 bits per heavy atom. The van der Waals surface area contributed by atoms with Crippen molar-refractivity contribution in [3.05, 3.63) is 47.2 Å². The van der Waals surface area contributed by atoms with Crippen LogP contribution >= 0.6 is 11.6 Å². The van der Waals surface area contributed by atoms with Crippen LogP contribution < -0.4 is 9.64 Å². The van der Waals surface area contributed by atoms with E-state index in [0.29, 0.717) is 29.6 Å². The van der Waals surface area contributed by atoms with Gasteiger partial charge in [-0.25, -0.2) is 9.78 Å². The number of hydrogen-bond acceptors (Lipinski definition) is 5. The van der Waals surface area contributed by atoms with Gasteiger partial charge in [0.25, 0.3) is 0 Å². The van der Waals surface area contributed by atoms with Crippen molar-refractivity contribution in [3.8, 4) is 5.75 Å². The number of benzene rings is 1. The van der Waals surface area contributed by atoms with Crippen LogP contribution in [0.2, 0.25) is 5.15 Å². The zero-order valence-corrected chi connectivity index (χ0v) is 14.6. The Labute approximate surface area is 146 Å². The maximum absolute atomic E-state index is 12.1. The van der Waals surface area contributed by atoms with Gasteiger partial charge in [-0.2, -0.15) is 0 Å². The molecule has 2 heterocycles. The SMILES string of the molecule is CC(C)(C)OC(=O)c1ccc(N2CCOc3cc(Cl)ncc32)cc1. The van der Waals surface area contributed by atoms with Crippen molar-refractivity contribution < 1.29 is 14.3 Å². The van der Waals surface area contributed by atoms with E-state index in [1.54, 1.807) is 24.4 Å². The number of hydrogen-bond donors (Lipinski definition) is 0. The standard InChI is InChI=1S/C18H19ClN2O3/c1-18(2,3)24-17(22)12-4-6-13(7-5-12)21-8-9-23-15-10-16(19)20-11-14(15)21/h4-7,10-11H,8-9H2,1-3H3. The average molecular weight is 347 g/mol. The summed E-state index contributed by atoms with van der Waals surface area (Å²) >= 11 is 5.92. The highest BCUT2D eigenvalue weighted by Gasteiger charge is 2.22. The van der Waals surface area contributed by atoms with Gasteiger partial charge in [0.2, 0.25) is 0 Å². The fourth-order valence-electron chi connectivity index (χ4n) is 2.47. The lowest BCUT2D eigenvalue weighted by Gasteiger charge is -2.31. The number of esters is 1. The average Bonchev–Trinajstić information content (AvgIpc) is 2.52. The van der Waals surface area contributed by atoms with Crippen LogP contribution in [-0.2, 0) is 4.74 Å². The van der Waals surface area contributed by atoms with Gasteiger partial charge in [-0.1, -0.05) is 11.6 Å². The van der Waals surface area contributed by atoms with Crippen LogP contribution in [0.5, 0.6) is 5.75 Å². The molecule has 0 saturated carbocycles. The molecule has 0 radical (unpaired) electrons. The lowest BCUT2D eigenvalue weighted by molar-refractivity contribution is 0.00695. The van der Waals surface area contributed by atoms with Gasteiger partial charge >= 0.3 is 5.97 Å². The highest BCUT2D eigenvalue weighted by molar-refractivity contribution is 6.29. The summed E-state index contributed by atoms with van der Waals surface area (Å²) in [7, 11) is 0. The first kappa shape index (κ1) is 16.6. The van der Waals surface area contributed by atoms with Crippen molar-refractivity contribution in [1.29, 1.82) is 0 Å². The van der Waals surface area contributed by atoms with Crippen LogP contribution in [0.15, 0.2) is 36.5 Å². The first-order valence-electron chi connectivity index (χ1n) is 7.73. The number of nitrogens with zero attached hydrogens (tertiary/aromatic N) is 2. The Morgan fingerprint density at radius 3 is 2.67 bits per heavy atom. The quantitative estimate of drug-likeness (QED) is 0.602. The Balaban J connectivity index is 1.84. The van der Waals surface area contributed by atoms with Crippen molar-refractivity contribution in [2.75, 3.05) is 18.1 Å². The van der Waals surface area contributed by atoms with E-state index in [1.807, 2.05) is 32.9 Å². The largest absolute Gasteiger partial charge is 0.489 e. The topological polar surface area (TPSA) is 51.7 Å². The monoisotopic (exact) mass is 346 g/mol. The van der Waals surface area contributed by atoms with E-state index in [4.69, 9.17) is 21.1 Å². The first-order chi connectivity index (χ1) is 11.3. The smallest absolute Gasteiger partial charge is 0.338 e. The fraction of sp³-hybridized carbons (Fsp3) is 0.333. The molecule has 0 spiro atoms. The van der Waals surface area contributed by atoms with Crippen molar-refractivity contribution in [2.24, 2.45) is 0 Å². The zero-order valence-electron chi connectivity index (χ0n) is 13.9. The second kappa shape index (κ2) is 6.32. The van der Waals surface area contributed by atoms with E-state index >= 15 is 0 Å². The van der Waals surface area contributed by atoms with Gasteiger partial charge in [-0.05, 0) is 45.0 Å². The van der Waals surface area contributed by atoms with Crippen molar-refractivity contribution >= 4 is 28.9 Å². The molecule has 0 fully saturated rings. The Kier molecular flexibility index (Phi) is 4.37. The van der Waals surface area contributed by atoms with E-state index < -0.39 is 5.60 Å². The van der Waals surface area contributed by atoms with E-state index in [9.17, 15) is 4.79 Å². The molecule has 3 rings (SSSR count). The Bertz CT molecular complexity index is 754. The van der Waals surface area contributed by atoms with Crippen LogP contribution in [0, 0.1) is 0 Å². The molecule has 0 aliphatic carbocycles. The van der Waals surface area contributed by atoms with Crippen LogP contribution in [0.3, 0.4) is 0 Å². The van der Waals surface area contributed by atoms with Crippen LogP contribution in [-0.4, -0.2) is 29.7 Å². The third-order valence-corrected chi connectivity index (χ3v) is 3.70. The van der Waals surface area contributed by atoms with Gasteiger partial charge in [0.15, 0.2) is 0 Å². The molecule has 126 valence electrons. The van der Waals surface area contributed by atoms with Crippen molar-refractivity contribution in [1.82, 2.24) is 4.98 Å². The minimum Gasteiger partial charge on any atom is -0.489 e. The number of anilines is 2. The van der Waals surface area contributed by atoms with Gasteiger partial charge in [0.05, 0.1) is 18.3 Å². The summed E-state index contributed by atoms with van der Waals surface area (Å²) in [5, 5.41) is 0.399. The Morgan fingerprint density at radius 2 is 2.00 bits per heavy atom. The van der Waals surface area contributed by atoms with Crippen LogP contribution in [0.25, 0.3) is 0 Å². The number of fused-ring (bicyclic) bond motifs is 1. The molecule has 1 aromatic heterocycles. The number of pyridine rings is 1. The van der Waals surface area contributed by atoms with Crippen molar-refractivity contribution in [3.63, 3.8) is 0 Å². The molecule has 0 N–H and O–H groups in total. The Hall–Kier alpha value is -2.27. The molecule has 0 unspecified atom stereocenters. The van der Waals surface area contributed by atoms with E-state index in [-0.39, 0.29) is 5.97 Å². The molecule has 1 aromatic carbocycles. The molecule has 0 saturated heterocycles. The normalized spacial score (nSPS) is 13.9. The maximum Gasteiger partial charge on any atom is 0.338 e. The minimum atomic E-state index is -0.510. The molecule has 6 heteroatoms. The van der Waals surface area contributed by atoms with E-state index in [0.717, 1.165) is 11.4 Å². The highest BCUT2D eigenvalue weighted by atomic mass is 35.5. The first-order valence-corrected chi connectivity index (χ1v) is 8.10. The summed E-state index contributed by atoms with van der Waals surface area (Å²) in [5.74, 6) is 0.377. The molecular weight excluding hydrogens is 328 g/mol. The summed E-state index contributed by atoms with van der Waals surface area (Å²) in [5.41, 5.74) is 1.83. The molecule has 0 amide bonds. The summed E-state index contributed by atoms with van der Waals surface area (Å²) in [6.45, 7) is 6.80. The number of aromatic nitrogens is 1. The van der Waals surface area contributed by atoms with Crippen LogP contribution in [0.4, 0.5) is 11.4 Å². The molecule has 1 aliphatic heterocycles. The molecular formula is C18H19ClN2O3. The molecule has 0 atom stereocenters. The number of rotatable bonds is 2. The fourth-order valence-corrected chi connectivity index (χ4v) is 2.62. The highest BCUT2D eigenvalue weighted by Crippen LogP contribution is 2.37. The van der Waals surface area contributed by atoms with Gasteiger partial charge in [-0.15, -0.1) is 0 Å². The number of ether oxygens (including phenoxy) is 2. The van der Waals surface area contributed by atoms with E-state index in [1.165, 1.54) is 0 Å². The predicted octanol–water partition coefficient (Wildman–Crippen LogP) is 4.22. The second-order valence-corrected chi connectivity index (χ2v) is 6.91. The van der Waals surface area contributed by atoms with Gasteiger partial charge < -0.3 is 14.4 Å². The van der Waals surface area contributed by atoms with E-state index in [2.05, 4.69) is 9.88 Å². The molecule has 2 aromatic rings. The summed E-state index contributed by atoms with van der Waals surface area (Å²) in [4.78, 5) is 18.3. The van der Waals surface area contributed by atoms with Gasteiger partial charge in [0, 0.05) is 11.8 Å². The zero-order chi connectivity index (χ0) is 17.3. The summed E-state index contributed by atoms with van der Waals surface area (Å²) in [6.07, 6.45) is 1.69. The third kappa shape index (κ3) is 3.62. The molecule has 5 nitrogen and oxygen atoms in total. The molecule has 24 heavy (non-hydrogen) atoms. The summed E-state index contributed by atoms with van der Waals surface area (Å²) < 4.78 is 11.0. The van der Waals surface area contributed by atoms with Gasteiger partial charge in [0.1, 0.15) is 28.8 Å².